The van der Waals surface area contributed by atoms with Gasteiger partial charge in [-0.2, -0.15) is 0 Å². The maximum Gasteiger partial charge on any atom is 0.0205 e. The quantitative estimate of drug-likeness (QED) is 0.715. The highest BCUT2D eigenvalue weighted by Crippen LogP contribution is 2.15. The third-order valence-electron chi connectivity index (χ3n) is 2.27. The molecule has 0 heterocycles. The molecule has 0 saturated carbocycles. The molecule has 1 heteroatoms. The molecule has 1 nitrogen and oxygen atoms in total. The van der Waals surface area contributed by atoms with Crippen LogP contribution in [-0.4, -0.2) is 7.05 Å². The molecule has 0 saturated heterocycles. The molecule has 1 aromatic carbocycles. The summed E-state index contributed by atoms with van der Waals surface area (Å²) in [5.74, 6) is 0. The van der Waals surface area contributed by atoms with Crippen molar-refractivity contribution in [2.75, 3.05) is 7.05 Å². The highest BCUT2D eigenvalue weighted by atomic mass is 14.8. The van der Waals surface area contributed by atoms with E-state index in [1.807, 2.05) is 13.1 Å². The first-order valence-corrected chi connectivity index (χ1v) is 4.81. The Labute approximate surface area is 86.2 Å². The minimum atomic E-state index is 0.918. The molecule has 74 valence electrons. The first-order chi connectivity index (χ1) is 6.79. The average Bonchev–Trinajstić information content (AvgIpc) is 2.20. The fourth-order valence-electron chi connectivity index (χ4n) is 1.44. The van der Waals surface area contributed by atoms with Gasteiger partial charge in [0.05, 0.1) is 0 Å². The van der Waals surface area contributed by atoms with E-state index in [1.54, 1.807) is 6.08 Å². The minimum absolute atomic E-state index is 0.918. The lowest BCUT2D eigenvalue weighted by atomic mass is 10.0. The van der Waals surface area contributed by atoms with E-state index in [2.05, 4.69) is 43.1 Å². The van der Waals surface area contributed by atoms with Crippen molar-refractivity contribution in [3.63, 3.8) is 0 Å². The number of hydrogen-bond donors (Lipinski definition) is 1. The number of rotatable bonds is 4. The molecule has 0 aromatic heterocycles. The third kappa shape index (κ3) is 2.57. The molecule has 0 aliphatic carbocycles. The monoisotopic (exact) mass is 187 g/mol. The van der Waals surface area contributed by atoms with E-state index in [4.69, 9.17) is 0 Å². The van der Waals surface area contributed by atoms with Gasteiger partial charge in [-0.3, -0.25) is 0 Å². The van der Waals surface area contributed by atoms with Gasteiger partial charge >= 0.3 is 0 Å². The molecule has 0 unspecified atom stereocenters. The van der Waals surface area contributed by atoms with Crippen LogP contribution in [0.4, 0.5) is 0 Å². The Morgan fingerprint density at radius 2 is 2.21 bits per heavy atom. The van der Waals surface area contributed by atoms with Crippen molar-refractivity contribution in [1.82, 2.24) is 5.32 Å². The Morgan fingerprint density at radius 1 is 1.43 bits per heavy atom. The van der Waals surface area contributed by atoms with Crippen LogP contribution < -0.4 is 5.32 Å². The first kappa shape index (κ1) is 10.7. The van der Waals surface area contributed by atoms with Gasteiger partial charge in [-0.25, -0.2) is 0 Å². The molecule has 0 radical (unpaired) electrons. The number of hydrogen-bond acceptors (Lipinski definition) is 1. The molecule has 1 aromatic rings. The topological polar surface area (TPSA) is 12.0 Å². The summed E-state index contributed by atoms with van der Waals surface area (Å²) in [6.45, 7) is 6.73. The van der Waals surface area contributed by atoms with E-state index >= 15 is 0 Å². The van der Waals surface area contributed by atoms with E-state index < -0.39 is 0 Å². The summed E-state index contributed by atoms with van der Waals surface area (Å²) in [5.41, 5.74) is 3.94. The van der Waals surface area contributed by atoms with Gasteiger partial charge in [-0.1, -0.05) is 43.0 Å². The van der Waals surface area contributed by atoms with E-state index in [-0.39, 0.29) is 0 Å². The Kier molecular flexibility index (Phi) is 4.14. The van der Waals surface area contributed by atoms with Crippen LogP contribution in [-0.2, 0) is 6.54 Å². The van der Waals surface area contributed by atoms with E-state index in [0.29, 0.717) is 0 Å². The van der Waals surface area contributed by atoms with E-state index in [0.717, 1.165) is 6.54 Å². The number of allylic oxidation sites excluding steroid dienone is 2. The molecule has 0 spiro atoms. The molecule has 0 aliphatic heterocycles. The zero-order valence-electron chi connectivity index (χ0n) is 8.88. The SMILES string of the molecule is C=C/C=C\c1cccc(CNC)c1C. The second-order valence-electron chi connectivity index (χ2n) is 3.26. The Balaban J connectivity index is 3.00. The predicted octanol–water partition coefficient (Wildman–Crippen LogP) is 2.91. The van der Waals surface area contributed by atoms with Crippen molar-refractivity contribution in [3.8, 4) is 0 Å². The van der Waals surface area contributed by atoms with Crippen LogP contribution in [0.5, 0.6) is 0 Å². The standard InChI is InChI=1S/C13H17N/c1-4-5-7-12-8-6-9-13(10-14-3)11(12)2/h4-9,14H,1,10H2,2-3H3/b7-5-. The van der Waals surface area contributed by atoms with Crippen molar-refractivity contribution in [1.29, 1.82) is 0 Å². The van der Waals surface area contributed by atoms with Crippen molar-refractivity contribution in [2.45, 2.75) is 13.5 Å². The van der Waals surface area contributed by atoms with Crippen molar-refractivity contribution < 1.29 is 0 Å². The fraction of sp³-hybridized carbons (Fsp3) is 0.231. The third-order valence-corrected chi connectivity index (χ3v) is 2.27. The maximum atomic E-state index is 3.67. The van der Waals surface area contributed by atoms with Gasteiger partial charge in [0, 0.05) is 6.54 Å². The van der Waals surface area contributed by atoms with Crippen LogP contribution >= 0.6 is 0 Å². The smallest absolute Gasteiger partial charge is 0.0205 e. The van der Waals surface area contributed by atoms with Gasteiger partial charge in [-0.15, -0.1) is 0 Å². The second-order valence-corrected chi connectivity index (χ2v) is 3.26. The molecule has 0 fully saturated rings. The van der Waals surface area contributed by atoms with Crippen LogP contribution in [0.1, 0.15) is 16.7 Å². The molecular weight excluding hydrogens is 170 g/mol. The molecule has 0 bridgehead atoms. The van der Waals surface area contributed by atoms with E-state index in [1.165, 1.54) is 16.7 Å². The van der Waals surface area contributed by atoms with Crippen LogP contribution in [0.15, 0.2) is 36.9 Å². The lowest BCUT2D eigenvalue weighted by Crippen LogP contribution is -2.06. The van der Waals surface area contributed by atoms with Gasteiger partial charge in [0.25, 0.3) is 0 Å². The van der Waals surface area contributed by atoms with Crippen molar-refractivity contribution in [3.05, 3.63) is 53.6 Å². The lowest BCUT2D eigenvalue weighted by Gasteiger charge is -2.07. The molecule has 0 aliphatic rings. The van der Waals surface area contributed by atoms with Gasteiger partial charge in [0.1, 0.15) is 0 Å². The Hall–Kier alpha value is -1.34. The summed E-state index contributed by atoms with van der Waals surface area (Å²) in [6.07, 6.45) is 5.84. The second kappa shape index (κ2) is 5.40. The van der Waals surface area contributed by atoms with Crippen molar-refractivity contribution >= 4 is 6.08 Å². The fourth-order valence-corrected chi connectivity index (χ4v) is 1.44. The number of nitrogens with one attached hydrogen (secondary N) is 1. The summed E-state index contributed by atoms with van der Waals surface area (Å²) in [5, 5.41) is 3.16. The van der Waals surface area contributed by atoms with Gasteiger partial charge in [-0.05, 0) is 30.7 Å². The molecule has 1 rings (SSSR count). The van der Waals surface area contributed by atoms with Gasteiger partial charge in [0.15, 0.2) is 0 Å². The lowest BCUT2D eigenvalue weighted by molar-refractivity contribution is 0.812. The maximum absolute atomic E-state index is 3.67. The number of benzene rings is 1. The van der Waals surface area contributed by atoms with Crippen LogP contribution in [0.2, 0.25) is 0 Å². The summed E-state index contributed by atoms with van der Waals surface area (Å²) in [4.78, 5) is 0. The van der Waals surface area contributed by atoms with Gasteiger partial charge < -0.3 is 5.32 Å². The van der Waals surface area contributed by atoms with Crippen LogP contribution in [0, 0.1) is 6.92 Å². The van der Waals surface area contributed by atoms with Gasteiger partial charge in [0.2, 0.25) is 0 Å². The zero-order valence-corrected chi connectivity index (χ0v) is 8.88. The first-order valence-electron chi connectivity index (χ1n) is 4.81. The molecule has 14 heavy (non-hydrogen) atoms. The van der Waals surface area contributed by atoms with Crippen LogP contribution in [0.3, 0.4) is 0 Å². The molecular formula is C13H17N. The molecule has 0 atom stereocenters. The minimum Gasteiger partial charge on any atom is -0.316 e. The molecule has 0 amide bonds. The summed E-state index contributed by atoms with van der Waals surface area (Å²) in [6, 6.07) is 6.36. The predicted molar refractivity (Wildman–Crippen MR) is 63.2 cm³/mol. The summed E-state index contributed by atoms with van der Waals surface area (Å²) >= 11 is 0. The zero-order chi connectivity index (χ0) is 10.4. The van der Waals surface area contributed by atoms with Crippen LogP contribution in [0.25, 0.3) is 6.08 Å². The summed E-state index contributed by atoms with van der Waals surface area (Å²) < 4.78 is 0. The highest BCUT2D eigenvalue weighted by molar-refractivity contribution is 5.56. The van der Waals surface area contributed by atoms with Crippen molar-refractivity contribution in [2.24, 2.45) is 0 Å². The molecule has 1 N–H and O–H groups in total. The average molecular weight is 187 g/mol. The largest absolute Gasteiger partial charge is 0.316 e. The summed E-state index contributed by atoms with van der Waals surface area (Å²) in [7, 11) is 1.96. The Bertz CT molecular complexity index is 337. The highest BCUT2D eigenvalue weighted by Gasteiger charge is 1.99. The Morgan fingerprint density at radius 3 is 2.86 bits per heavy atom. The normalized spacial score (nSPS) is 10.7. The van der Waals surface area contributed by atoms with E-state index in [9.17, 15) is 0 Å².